The van der Waals surface area contributed by atoms with Crippen LogP contribution in [0.25, 0.3) is 0 Å². The highest BCUT2D eigenvalue weighted by Gasteiger charge is 2.51. The zero-order valence-electron chi connectivity index (χ0n) is 39.1. The second-order valence-corrected chi connectivity index (χ2v) is 19.6. The lowest BCUT2D eigenvalue weighted by Crippen LogP contribution is -2.64. The minimum atomic E-state index is -5.14. The number of carbonyl (C=O) groups is 1. The number of aliphatic hydroxyl groups excluding tert-OH is 7. The van der Waals surface area contributed by atoms with Crippen LogP contribution in [0.2, 0.25) is 0 Å². The molecule has 0 aromatic heterocycles. The Hall–Kier alpha value is -0.960. The molecule has 368 valence electrons. The van der Waals surface area contributed by atoms with E-state index >= 15 is 0 Å². The molecule has 1 saturated carbocycles. The minimum Gasteiger partial charge on any atom is -0.393 e. The van der Waals surface area contributed by atoms with Gasteiger partial charge in [0.2, 0.25) is 5.91 Å². The van der Waals surface area contributed by atoms with Gasteiger partial charge in [-0.15, -0.1) is 0 Å². The first-order valence-electron chi connectivity index (χ1n) is 25.2. The van der Waals surface area contributed by atoms with Crippen molar-refractivity contribution in [1.82, 2.24) is 5.32 Å². The Labute approximate surface area is 376 Å². The summed E-state index contributed by atoms with van der Waals surface area (Å²) < 4.78 is 22.9. The summed E-state index contributed by atoms with van der Waals surface area (Å²) >= 11 is 0. The third-order valence-electron chi connectivity index (χ3n) is 12.4. The molecule has 0 aromatic rings. The van der Waals surface area contributed by atoms with E-state index in [0.29, 0.717) is 12.8 Å². The van der Waals surface area contributed by atoms with Crippen LogP contribution in [-0.2, 0) is 18.4 Å². The third-order valence-corrected chi connectivity index (χ3v) is 13.4. The van der Waals surface area contributed by atoms with Gasteiger partial charge >= 0.3 is 7.82 Å². The van der Waals surface area contributed by atoms with Crippen molar-refractivity contribution in [1.29, 1.82) is 0 Å². The molecule has 62 heavy (non-hydrogen) atoms. The van der Waals surface area contributed by atoms with E-state index in [0.717, 1.165) is 44.9 Å². The lowest BCUT2D eigenvalue weighted by atomic mass is 9.85. The topological polar surface area (TPSA) is 226 Å². The van der Waals surface area contributed by atoms with Crippen molar-refractivity contribution in [3.63, 3.8) is 0 Å². The summed E-state index contributed by atoms with van der Waals surface area (Å²) in [6.07, 6.45) is 27.2. The number of unbranched alkanes of at least 4 members (excludes halogenated alkanes) is 29. The molecule has 8 unspecified atom stereocenters. The number of rotatable bonds is 42. The van der Waals surface area contributed by atoms with Crippen molar-refractivity contribution in [2.75, 3.05) is 6.61 Å². The highest BCUT2D eigenvalue weighted by molar-refractivity contribution is 7.47. The molecule has 1 rings (SSSR count). The molecular formula is C48H94NO12P. The lowest BCUT2D eigenvalue weighted by Gasteiger charge is -2.41. The van der Waals surface area contributed by atoms with Crippen molar-refractivity contribution >= 4 is 13.7 Å². The number of allylic oxidation sites excluding steroid dienone is 1. The van der Waals surface area contributed by atoms with Gasteiger partial charge in [-0.2, -0.15) is 0 Å². The molecule has 1 aliphatic carbocycles. The fraction of sp³-hybridized carbons (Fsp3) is 0.938. The van der Waals surface area contributed by atoms with E-state index in [-0.39, 0.29) is 6.42 Å². The Bertz CT molecular complexity index is 1120. The smallest absolute Gasteiger partial charge is 0.393 e. The van der Waals surface area contributed by atoms with Crippen LogP contribution in [0.4, 0.5) is 0 Å². The van der Waals surface area contributed by atoms with Gasteiger partial charge < -0.3 is 46.0 Å². The average Bonchev–Trinajstić information content (AvgIpc) is 3.24. The lowest BCUT2D eigenvalue weighted by molar-refractivity contribution is -0.220. The Kier molecular flexibility index (Phi) is 36.4. The van der Waals surface area contributed by atoms with E-state index in [2.05, 4.69) is 19.2 Å². The fourth-order valence-electron chi connectivity index (χ4n) is 8.24. The summed E-state index contributed by atoms with van der Waals surface area (Å²) in [5, 5.41) is 74.6. The highest BCUT2D eigenvalue weighted by Crippen LogP contribution is 2.47. The molecule has 0 bridgehead atoms. The van der Waals surface area contributed by atoms with E-state index in [1.807, 2.05) is 0 Å². The Morgan fingerprint density at radius 1 is 0.565 bits per heavy atom. The fourth-order valence-corrected chi connectivity index (χ4v) is 9.21. The van der Waals surface area contributed by atoms with E-state index in [9.17, 15) is 50.0 Å². The van der Waals surface area contributed by atoms with Crippen LogP contribution >= 0.6 is 7.82 Å². The Morgan fingerprint density at radius 3 is 1.32 bits per heavy atom. The molecule has 0 heterocycles. The second-order valence-electron chi connectivity index (χ2n) is 18.2. The minimum absolute atomic E-state index is 0.239. The number of hydrogen-bond acceptors (Lipinski definition) is 11. The molecule has 0 aliphatic heterocycles. The van der Waals surface area contributed by atoms with Gasteiger partial charge in [0.25, 0.3) is 0 Å². The summed E-state index contributed by atoms with van der Waals surface area (Å²) in [7, 11) is -5.14. The van der Waals surface area contributed by atoms with Crippen LogP contribution < -0.4 is 5.32 Å². The van der Waals surface area contributed by atoms with Crippen LogP contribution in [0.1, 0.15) is 226 Å². The first-order chi connectivity index (χ1) is 29.8. The van der Waals surface area contributed by atoms with E-state index < -0.39 is 75.2 Å². The number of hydrogen-bond donors (Lipinski definition) is 9. The quantitative estimate of drug-likeness (QED) is 0.0159. The van der Waals surface area contributed by atoms with Crippen LogP contribution in [0.5, 0.6) is 0 Å². The predicted molar refractivity (Wildman–Crippen MR) is 247 cm³/mol. The number of phosphoric ester groups is 1. The van der Waals surface area contributed by atoms with Gasteiger partial charge in [0, 0.05) is 0 Å². The maximum Gasteiger partial charge on any atom is 0.472 e. The molecule has 1 amide bonds. The van der Waals surface area contributed by atoms with Gasteiger partial charge in [-0.25, -0.2) is 4.57 Å². The van der Waals surface area contributed by atoms with Crippen molar-refractivity contribution < 1.29 is 59.0 Å². The first-order valence-corrected chi connectivity index (χ1v) is 26.7. The molecular weight excluding hydrogens is 813 g/mol. The van der Waals surface area contributed by atoms with Gasteiger partial charge in [-0.3, -0.25) is 13.8 Å². The molecule has 0 aromatic carbocycles. The third kappa shape index (κ3) is 29.5. The van der Waals surface area contributed by atoms with Crippen LogP contribution in [-0.4, -0.2) is 108 Å². The summed E-state index contributed by atoms with van der Waals surface area (Å²) in [5.74, 6) is -0.589. The number of aliphatic hydroxyl groups is 7. The largest absolute Gasteiger partial charge is 0.472 e. The van der Waals surface area contributed by atoms with Crippen LogP contribution in [0.3, 0.4) is 0 Å². The number of phosphoric acid groups is 1. The van der Waals surface area contributed by atoms with Crippen LogP contribution in [0, 0.1) is 0 Å². The molecule has 8 atom stereocenters. The van der Waals surface area contributed by atoms with Crippen molar-refractivity contribution in [3.8, 4) is 0 Å². The van der Waals surface area contributed by atoms with E-state index in [1.54, 1.807) is 6.08 Å². The molecule has 14 heteroatoms. The predicted octanol–water partition coefficient (Wildman–Crippen LogP) is 8.98. The standard InChI is InChI=1S/C48H94NO12P/c1-3-5-7-9-11-13-15-17-19-20-22-23-25-27-29-31-33-35-39(50)37-42(52)49-40(38-60-62(58,59)61-48-46(56)44(54)43(53)45(55)47(48)57)41(51)36-34-32-30-28-26-24-21-18-16-14-12-10-8-6-4-2/h34,36,39-41,43-48,50-51,53-57H,3-33,35,37-38H2,1-2H3,(H,49,52)(H,58,59)/b36-34+. The number of nitrogens with one attached hydrogen (secondary N) is 1. The summed E-state index contributed by atoms with van der Waals surface area (Å²) in [4.78, 5) is 23.5. The van der Waals surface area contributed by atoms with E-state index in [4.69, 9.17) is 9.05 Å². The zero-order chi connectivity index (χ0) is 45.9. The van der Waals surface area contributed by atoms with Gasteiger partial charge in [-0.1, -0.05) is 212 Å². The molecule has 9 N–H and O–H groups in total. The second kappa shape index (κ2) is 38.2. The Balaban J connectivity index is 2.49. The Morgan fingerprint density at radius 2 is 0.919 bits per heavy atom. The van der Waals surface area contributed by atoms with Gasteiger partial charge in [0.05, 0.1) is 31.3 Å². The molecule has 1 aliphatic rings. The molecule has 1 fully saturated rings. The number of carbonyl (C=O) groups excluding carboxylic acids is 1. The first kappa shape index (κ1) is 59.1. The van der Waals surface area contributed by atoms with Gasteiger partial charge in [0.15, 0.2) is 0 Å². The van der Waals surface area contributed by atoms with E-state index in [1.165, 1.54) is 154 Å². The summed E-state index contributed by atoms with van der Waals surface area (Å²) in [5.41, 5.74) is 0. The van der Waals surface area contributed by atoms with Gasteiger partial charge in [0.1, 0.15) is 36.6 Å². The monoisotopic (exact) mass is 908 g/mol. The zero-order valence-corrected chi connectivity index (χ0v) is 39.9. The van der Waals surface area contributed by atoms with Crippen LogP contribution in [0.15, 0.2) is 12.2 Å². The van der Waals surface area contributed by atoms with Gasteiger partial charge in [-0.05, 0) is 19.3 Å². The van der Waals surface area contributed by atoms with Crippen molar-refractivity contribution in [2.24, 2.45) is 0 Å². The molecule has 13 nitrogen and oxygen atoms in total. The summed E-state index contributed by atoms with van der Waals surface area (Å²) in [6, 6.07) is -1.24. The normalized spacial score (nSPS) is 23.1. The molecule has 0 radical (unpaired) electrons. The SMILES string of the molecule is CCCCCCCCCCCCCCC/C=C/C(O)C(COP(=O)(O)OC1C(O)C(O)C(O)C(O)C1O)NC(=O)CC(O)CCCCCCCCCCCCCCCCCCC. The molecule has 0 saturated heterocycles. The maximum atomic E-state index is 13.0. The summed E-state index contributed by atoms with van der Waals surface area (Å²) in [6.45, 7) is 3.76. The maximum absolute atomic E-state index is 13.0. The highest BCUT2D eigenvalue weighted by atomic mass is 31.2. The van der Waals surface area contributed by atoms with Crippen molar-refractivity contribution in [3.05, 3.63) is 12.2 Å². The average molecular weight is 908 g/mol. The van der Waals surface area contributed by atoms with Crippen molar-refractivity contribution in [2.45, 2.75) is 281 Å². The molecule has 0 spiro atoms. The number of amides is 1.